The molecule has 1 aliphatic carbocycles. The summed E-state index contributed by atoms with van der Waals surface area (Å²) in [7, 11) is 0. The molecule has 11 heavy (non-hydrogen) atoms. The van der Waals surface area contributed by atoms with Crippen LogP contribution in [0.1, 0.15) is 26.2 Å². The Kier molecular flexibility index (Phi) is 3.30. The van der Waals surface area contributed by atoms with Crippen molar-refractivity contribution >= 4 is 5.78 Å². The number of ether oxygens (including phenoxy) is 1. The molecule has 62 valence electrons. The van der Waals surface area contributed by atoms with Gasteiger partial charge < -0.3 is 4.74 Å². The van der Waals surface area contributed by atoms with E-state index in [2.05, 4.69) is 6.92 Å². The van der Waals surface area contributed by atoms with Crippen LogP contribution in [0.3, 0.4) is 0 Å². The zero-order valence-electron chi connectivity index (χ0n) is 6.93. The summed E-state index contributed by atoms with van der Waals surface area (Å²) < 4.78 is 5.29. The summed E-state index contributed by atoms with van der Waals surface area (Å²) >= 11 is 0. The SMILES string of the molecule is CCCOCC1=CC(=O)CC1. The molecule has 0 aliphatic heterocycles. The van der Waals surface area contributed by atoms with E-state index in [-0.39, 0.29) is 5.78 Å². The van der Waals surface area contributed by atoms with Crippen molar-refractivity contribution in [1.29, 1.82) is 0 Å². The van der Waals surface area contributed by atoms with E-state index in [1.165, 1.54) is 0 Å². The summed E-state index contributed by atoms with van der Waals surface area (Å²) in [5.74, 6) is 0.250. The molecule has 0 aromatic rings. The Morgan fingerprint density at radius 3 is 2.91 bits per heavy atom. The highest BCUT2D eigenvalue weighted by Gasteiger charge is 2.10. The van der Waals surface area contributed by atoms with Gasteiger partial charge in [-0.25, -0.2) is 0 Å². The molecule has 1 rings (SSSR count). The Bertz CT molecular complexity index is 170. The minimum Gasteiger partial charge on any atom is -0.377 e. The molecule has 2 heteroatoms. The fourth-order valence-corrected chi connectivity index (χ4v) is 1.12. The van der Waals surface area contributed by atoms with Crippen LogP contribution >= 0.6 is 0 Å². The third-order valence-electron chi connectivity index (χ3n) is 1.69. The van der Waals surface area contributed by atoms with Crippen molar-refractivity contribution in [3.63, 3.8) is 0 Å². The molecule has 0 aromatic carbocycles. The van der Waals surface area contributed by atoms with Crippen molar-refractivity contribution in [3.05, 3.63) is 11.6 Å². The standard InChI is InChI=1S/C9H14O2/c1-2-5-11-7-8-3-4-9(10)6-8/h6H,2-5,7H2,1H3. The molecule has 1 aliphatic rings. The van der Waals surface area contributed by atoms with E-state index in [1.54, 1.807) is 6.08 Å². The molecule has 0 atom stereocenters. The van der Waals surface area contributed by atoms with Crippen molar-refractivity contribution in [1.82, 2.24) is 0 Å². The molecule has 0 bridgehead atoms. The van der Waals surface area contributed by atoms with Crippen LogP contribution in [0, 0.1) is 0 Å². The molecule has 0 aromatic heterocycles. The lowest BCUT2D eigenvalue weighted by atomic mass is 10.2. The van der Waals surface area contributed by atoms with Gasteiger partial charge in [0.15, 0.2) is 5.78 Å². The van der Waals surface area contributed by atoms with Crippen LogP contribution in [0.5, 0.6) is 0 Å². The third kappa shape index (κ3) is 2.85. The molecule has 0 N–H and O–H groups in total. The van der Waals surface area contributed by atoms with E-state index in [9.17, 15) is 4.79 Å². The highest BCUT2D eigenvalue weighted by Crippen LogP contribution is 2.14. The average Bonchev–Trinajstić information content (AvgIpc) is 2.37. The fourth-order valence-electron chi connectivity index (χ4n) is 1.12. The van der Waals surface area contributed by atoms with Crippen molar-refractivity contribution < 1.29 is 9.53 Å². The molecule has 2 nitrogen and oxygen atoms in total. The Hall–Kier alpha value is -0.630. The van der Waals surface area contributed by atoms with Crippen molar-refractivity contribution in [2.75, 3.05) is 13.2 Å². The van der Waals surface area contributed by atoms with Gasteiger partial charge in [-0.2, -0.15) is 0 Å². The van der Waals surface area contributed by atoms with Gasteiger partial charge >= 0.3 is 0 Å². The molecule has 0 radical (unpaired) electrons. The van der Waals surface area contributed by atoms with Gasteiger partial charge in [-0.3, -0.25) is 4.79 Å². The van der Waals surface area contributed by atoms with Crippen LogP contribution in [0.4, 0.5) is 0 Å². The molecule has 0 unspecified atom stereocenters. The summed E-state index contributed by atoms with van der Waals surface area (Å²) in [6, 6.07) is 0. The molecule has 0 amide bonds. The van der Waals surface area contributed by atoms with E-state index in [4.69, 9.17) is 4.74 Å². The minimum atomic E-state index is 0.250. The topological polar surface area (TPSA) is 26.3 Å². The van der Waals surface area contributed by atoms with E-state index in [0.29, 0.717) is 13.0 Å². The van der Waals surface area contributed by atoms with Crippen LogP contribution < -0.4 is 0 Å². The largest absolute Gasteiger partial charge is 0.377 e. The monoisotopic (exact) mass is 154 g/mol. The number of carbonyl (C=O) groups is 1. The zero-order valence-corrected chi connectivity index (χ0v) is 6.93. The Labute approximate surface area is 67.2 Å². The van der Waals surface area contributed by atoms with Crippen molar-refractivity contribution in [2.24, 2.45) is 0 Å². The second kappa shape index (κ2) is 4.29. The summed E-state index contributed by atoms with van der Waals surface area (Å²) in [5, 5.41) is 0. The molecular weight excluding hydrogens is 140 g/mol. The summed E-state index contributed by atoms with van der Waals surface area (Å²) in [4.78, 5) is 10.8. The number of hydrogen-bond acceptors (Lipinski definition) is 2. The normalized spacial score (nSPS) is 17.2. The molecule has 0 fully saturated rings. The first-order valence-corrected chi connectivity index (χ1v) is 4.13. The Morgan fingerprint density at radius 1 is 1.55 bits per heavy atom. The number of ketones is 1. The highest BCUT2D eigenvalue weighted by molar-refractivity contribution is 5.92. The molecular formula is C9H14O2. The van der Waals surface area contributed by atoms with Crippen LogP contribution in [0.25, 0.3) is 0 Å². The second-order valence-corrected chi connectivity index (χ2v) is 2.82. The molecule has 0 heterocycles. The second-order valence-electron chi connectivity index (χ2n) is 2.82. The molecule has 0 spiro atoms. The lowest BCUT2D eigenvalue weighted by Gasteiger charge is -2.01. The first kappa shape index (κ1) is 8.47. The van der Waals surface area contributed by atoms with Gasteiger partial charge in [0, 0.05) is 13.0 Å². The van der Waals surface area contributed by atoms with E-state index in [0.717, 1.165) is 25.0 Å². The first-order valence-electron chi connectivity index (χ1n) is 4.13. The summed E-state index contributed by atoms with van der Waals surface area (Å²) in [6.45, 7) is 3.53. The van der Waals surface area contributed by atoms with E-state index >= 15 is 0 Å². The van der Waals surface area contributed by atoms with Crippen LogP contribution in [0.2, 0.25) is 0 Å². The summed E-state index contributed by atoms with van der Waals surface area (Å²) in [6.07, 6.45) is 4.35. The number of allylic oxidation sites excluding steroid dienone is 1. The first-order chi connectivity index (χ1) is 5.33. The Morgan fingerprint density at radius 2 is 2.36 bits per heavy atom. The maximum atomic E-state index is 10.8. The zero-order chi connectivity index (χ0) is 8.10. The fraction of sp³-hybridized carbons (Fsp3) is 0.667. The van der Waals surface area contributed by atoms with Gasteiger partial charge in [0.1, 0.15) is 0 Å². The molecule has 0 saturated heterocycles. The highest BCUT2D eigenvalue weighted by atomic mass is 16.5. The predicted molar refractivity (Wildman–Crippen MR) is 43.4 cm³/mol. The van der Waals surface area contributed by atoms with Crippen molar-refractivity contribution in [2.45, 2.75) is 26.2 Å². The summed E-state index contributed by atoms with van der Waals surface area (Å²) in [5.41, 5.74) is 1.16. The van der Waals surface area contributed by atoms with Crippen LogP contribution in [-0.4, -0.2) is 19.0 Å². The number of hydrogen-bond donors (Lipinski definition) is 0. The average molecular weight is 154 g/mol. The van der Waals surface area contributed by atoms with Gasteiger partial charge in [0.25, 0.3) is 0 Å². The Balaban J connectivity index is 2.17. The van der Waals surface area contributed by atoms with Gasteiger partial charge in [0.2, 0.25) is 0 Å². The van der Waals surface area contributed by atoms with Crippen LogP contribution in [-0.2, 0) is 9.53 Å². The van der Waals surface area contributed by atoms with Gasteiger partial charge in [0.05, 0.1) is 6.61 Å². The number of carbonyl (C=O) groups excluding carboxylic acids is 1. The molecule has 0 saturated carbocycles. The van der Waals surface area contributed by atoms with E-state index < -0.39 is 0 Å². The third-order valence-corrected chi connectivity index (χ3v) is 1.69. The maximum absolute atomic E-state index is 10.8. The minimum absolute atomic E-state index is 0.250. The smallest absolute Gasteiger partial charge is 0.156 e. The maximum Gasteiger partial charge on any atom is 0.156 e. The van der Waals surface area contributed by atoms with Gasteiger partial charge in [-0.1, -0.05) is 6.92 Å². The lowest BCUT2D eigenvalue weighted by Crippen LogP contribution is -1.96. The number of rotatable bonds is 4. The van der Waals surface area contributed by atoms with E-state index in [1.807, 2.05) is 0 Å². The van der Waals surface area contributed by atoms with Gasteiger partial charge in [-0.05, 0) is 24.5 Å². The van der Waals surface area contributed by atoms with Crippen LogP contribution in [0.15, 0.2) is 11.6 Å². The predicted octanol–water partition coefficient (Wildman–Crippen LogP) is 1.70. The lowest BCUT2D eigenvalue weighted by molar-refractivity contribution is -0.114. The van der Waals surface area contributed by atoms with Crippen molar-refractivity contribution in [3.8, 4) is 0 Å². The van der Waals surface area contributed by atoms with Gasteiger partial charge in [-0.15, -0.1) is 0 Å². The quantitative estimate of drug-likeness (QED) is 0.576.